The number of nitrogen functional groups attached to an aromatic ring is 1. The molecule has 86 valence electrons. The van der Waals surface area contributed by atoms with Crippen LogP contribution in [0.5, 0.6) is 0 Å². The molecule has 2 heterocycles. The lowest BCUT2D eigenvalue weighted by Crippen LogP contribution is -2.04. The van der Waals surface area contributed by atoms with E-state index < -0.39 is 0 Å². The lowest BCUT2D eigenvalue weighted by atomic mass is 10.3. The number of benzene rings is 1. The third kappa shape index (κ3) is 1.87. The molecular weight excluding hydrogens is 214 g/mol. The van der Waals surface area contributed by atoms with E-state index in [-0.39, 0.29) is 0 Å². The van der Waals surface area contributed by atoms with Crippen LogP contribution < -0.4 is 5.73 Å². The summed E-state index contributed by atoms with van der Waals surface area (Å²) < 4.78 is 4.16. The molecule has 0 fully saturated rings. The minimum atomic E-state index is 0.748. The summed E-state index contributed by atoms with van der Waals surface area (Å²) in [6.07, 6.45) is 7.40. The summed E-state index contributed by atoms with van der Waals surface area (Å²) in [5, 5.41) is 0. The number of aryl methyl sites for hydroxylation is 2. The Morgan fingerprint density at radius 1 is 1.18 bits per heavy atom. The number of rotatable bonds is 3. The molecule has 0 bridgehead atoms. The van der Waals surface area contributed by atoms with Gasteiger partial charge < -0.3 is 14.9 Å². The molecule has 0 radical (unpaired) electrons. The van der Waals surface area contributed by atoms with Gasteiger partial charge in [0.15, 0.2) is 0 Å². The Morgan fingerprint density at radius 2 is 2.12 bits per heavy atom. The first-order valence-corrected chi connectivity index (χ1v) is 5.49. The Balaban J connectivity index is 1.86. The van der Waals surface area contributed by atoms with Crippen LogP contribution in [0.15, 0.2) is 43.2 Å². The molecule has 0 saturated heterocycles. The van der Waals surface area contributed by atoms with Gasteiger partial charge in [-0.2, -0.15) is 0 Å². The first-order chi connectivity index (χ1) is 8.33. The van der Waals surface area contributed by atoms with Crippen molar-refractivity contribution in [2.45, 2.75) is 13.1 Å². The van der Waals surface area contributed by atoms with Crippen LogP contribution in [0.25, 0.3) is 11.0 Å². The molecule has 0 saturated carbocycles. The lowest BCUT2D eigenvalue weighted by molar-refractivity contribution is 0.589. The summed E-state index contributed by atoms with van der Waals surface area (Å²) in [5.74, 6) is 0. The van der Waals surface area contributed by atoms with Crippen LogP contribution in [0.2, 0.25) is 0 Å². The maximum absolute atomic E-state index is 5.72. The van der Waals surface area contributed by atoms with Gasteiger partial charge in [-0.05, 0) is 18.2 Å². The van der Waals surface area contributed by atoms with E-state index in [1.165, 1.54) is 0 Å². The number of imidazole rings is 2. The first kappa shape index (κ1) is 9.89. The number of hydrogen-bond acceptors (Lipinski definition) is 3. The molecule has 5 nitrogen and oxygen atoms in total. The molecule has 0 amide bonds. The zero-order valence-electron chi connectivity index (χ0n) is 9.32. The van der Waals surface area contributed by atoms with Crippen molar-refractivity contribution in [3.8, 4) is 0 Å². The monoisotopic (exact) mass is 227 g/mol. The fourth-order valence-corrected chi connectivity index (χ4v) is 1.90. The van der Waals surface area contributed by atoms with Crippen molar-refractivity contribution in [1.29, 1.82) is 0 Å². The minimum Gasteiger partial charge on any atom is -0.399 e. The Kier molecular flexibility index (Phi) is 2.29. The maximum atomic E-state index is 5.72. The standard InChI is InChI=1S/C12H13N5/c13-10-1-2-12-11(7-10)15-9-17(12)6-5-16-4-3-14-8-16/h1-4,7-9H,5-6,13H2. The van der Waals surface area contributed by atoms with Crippen molar-refractivity contribution >= 4 is 16.7 Å². The zero-order chi connectivity index (χ0) is 11.7. The molecule has 0 atom stereocenters. The van der Waals surface area contributed by atoms with Gasteiger partial charge >= 0.3 is 0 Å². The second-order valence-electron chi connectivity index (χ2n) is 3.99. The van der Waals surface area contributed by atoms with Crippen molar-refractivity contribution in [2.24, 2.45) is 0 Å². The van der Waals surface area contributed by atoms with Gasteiger partial charge in [-0.25, -0.2) is 9.97 Å². The number of nitrogens with two attached hydrogens (primary N) is 1. The highest BCUT2D eigenvalue weighted by molar-refractivity contribution is 5.78. The Labute approximate surface area is 98.5 Å². The van der Waals surface area contributed by atoms with Gasteiger partial charge in [-0.15, -0.1) is 0 Å². The van der Waals surface area contributed by atoms with Crippen LogP contribution in [0.1, 0.15) is 0 Å². The molecule has 2 N–H and O–H groups in total. The molecule has 0 spiro atoms. The van der Waals surface area contributed by atoms with Gasteiger partial charge in [0.1, 0.15) is 0 Å². The van der Waals surface area contributed by atoms with Crippen molar-refractivity contribution < 1.29 is 0 Å². The van der Waals surface area contributed by atoms with Crippen LogP contribution in [-0.4, -0.2) is 19.1 Å². The molecule has 0 aliphatic heterocycles. The van der Waals surface area contributed by atoms with E-state index in [2.05, 4.69) is 14.5 Å². The van der Waals surface area contributed by atoms with E-state index in [1.807, 2.05) is 41.6 Å². The molecule has 3 rings (SSSR count). The maximum Gasteiger partial charge on any atom is 0.0958 e. The van der Waals surface area contributed by atoms with E-state index >= 15 is 0 Å². The second kappa shape index (κ2) is 3.93. The molecule has 0 aliphatic carbocycles. The van der Waals surface area contributed by atoms with Crippen LogP contribution in [0.3, 0.4) is 0 Å². The number of nitrogens with zero attached hydrogens (tertiary/aromatic N) is 4. The van der Waals surface area contributed by atoms with Crippen molar-refractivity contribution in [1.82, 2.24) is 19.1 Å². The first-order valence-electron chi connectivity index (χ1n) is 5.49. The second-order valence-corrected chi connectivity index (χ2v) is 3.99. The minimum absolute atomic E-state index is 0.748. The highest BCUT2D eigenvalue weighted by Gasteiger charge is 2.02. The van der Waals surface area contributed by atoms with Crippen molar-refractivity contribution in [3.63, 3.8) is 0 Å². The van der Waals surface area contributed by atoms with E-state index in [0.29, 0.717) is 0 Å². The Morgan fingerprint density at radius 3 is 2.94 bits per heavy atom. The number of aromatic nitrogens is 4. The summed E-state index contributed by atoms with van der Waals surface area (Å²) in [4.78, 5) is 8.36. The van der Waals surface area contributed by atoms with Crippen LogP contribution in [0.4, 0.5) is 5.69 Å². The molecule has 5 heteroatoms. The van der Waals surface area contributed by atoms with Gasteiger partial charge in [-0.1, -0.05) is 0 Å². The number of anilines is 1. The third-order valence-electron chi connectivity index (χ3n) is 2.80. The van der Waals surface area contributed by atoms with Crippen LogP contribution in [0, 0.1) is 0 Å². The normalized spacial score (nSPS) is 11.1. The lowest BCUT2D eigenvalue weighted by Gasteiger charge is -2.05. The Bertz CT molecular complexity index is 623. The SMILES string of the molecule is Nc1ccc2c(c1)ncn2CCn1ccnc1. The molecule has 17 heavy (non-hydrogen) atoms. The fraction of sp³-hybridized carbons (Fsp3) is 0.167. The summed E-state index contributed by atoms with van der Waals surface area (Å²) >= 11 is 0. The number of hydrogen-bond donors (Lipinski definition) is 1. The summed E-state index contributed by atoms with van der Waals surface area (Å²) in [5.41, 5.74) is 8.52. The van der Waals surface area contributed by atoms with Crippen LogP contribution >= 0.6 is 0 Å². The largest absolute Gasteiger partial charge is 0.399 e. The fourth-order valence-electron chi connectivity index (χ4n) is 1.90. The van der Waals surface area contributed by atoms with Gasteiger partial charge in [0.2, 0.25) is 0 Å². The predicted molar refractivity (Wildman–Crippen MR) is 66.4 cm³/mol. The summed E-state index contributed by atoms with van der Waals surface area (Å²) in [7, 11) is 0. The average molecular weight is 227 g/mol. The topological polar surface area (TPSA) is 61.7 Å². The average Bonchev–Trinajstić information content (AvgIpc) is 2.94. The van der Waals surface area contributed by atoms with Gasteiger partial charge in [0.25, 0.3) is 0 Å². The molecule has 1 aromatic carbocycles. The molecule has 0 unspecified atom stereocenters. The summed E-state index contributed by atoms with van der Waals surface area (Å²) in [6.45, 7) is 1.76. The van der Waals surface area contributed by atoms with Crippen molar-refractivity contribution in [3.05, 3.63) is 43.2 Å². The van der Waals surface area contributed by atoms with E-state index in [1.54, 1.807) is 6.20 Å². The quantitative estimate of drug-likeness (QED) is 0.690. The van der Waals surface area contributed by atoms with Gasteiger partial charge in [0.05, 0.1) is 23.7 Å². The number of fused-ring (bicyclic) bond motifs is 1. The smallest absolute Gasteiger partial charge is 0.0958 e. The molecule has 0 aliphatic rings. The van der Waals surface area contributed by atoms with Gasteiger partial charge in [0, 0.05) is 31.2 Å². The molecule has 2 aromatic heterocycles. The zero-order valence-corrected chi connectivity index (χ0v) is 9.32. The van der Waals surface area contributed by atoms with Crippen LogP contribution in [-0.2, 0) is 13.1 Å². The predicted octanol–water partition coefficient (Wildman–Crippen LogP) is 1.52. The third-order valence-corrected chi connectivity index (χ3v) is 2.80. The van der Waals surface area contributed by atoms with E-state index in [9.17, 15) is 0 Å². The Hall–Kier alpha value is -2.30. The molecular formula is C12H13N5. The van der Waals surface area contributed by atoms with E-state index in [0.717, 1.165) is 29.8 Å². The molecule has 3 aromatic rings. The highest BCUT2D eigenvalue weighted by atomic mass is 15.1. The highest BCUT2D eigenvalue weighted by Crippen LogP contribution is 2.15. The summed E-state index contributed by atoms with van der Waals surface area (Å²) in [6, 6.07) is 5.80. The van der Waals surface area contributed by atoms with Crippen molar-refractivity contribution in [2.75, 3.05) is 5.73 Å². The van der Waals surface area contributed by atoms with E-state index in [4.69, 9.17) is 5.73 Å². The van der Waals surface area contributed by atoms with Gasteiger partial charge in [-0.3, -0.25) is 0 Å².